The number of rotatable bonds is 2. The second kappa shape index (κ2) is 4.29. The van der Waals surface area contributed by atoms with Gasteiger partial charge in [-0.1, -0.05) is 18.0 Å². The van der Waals surface area contributed by atoms with Crippen molar-refractivity contribution in [1.29, 1.82) is 0 Å². The molecule has 0 bridgehead atoms. The summed E-state index contributed by atoms with van der Waals surface area (Å²) in [5, 5.41) is -0.364. The Morgan fingerprint density at radius 1 is 1.35 bits per heavy atom. The summed E-state index contributed by atoms with van der Waals surface area (Å²) in [5.74, 6) is -0.312. The molecule has 17 heavy (non-hydrogen) atoms. The molecule has 1 saturated carbocycles. The quantitative estimate of drug-likeness (QED) is 0.601. The van der Waals surface area contributed by atoms with Gasteiger partial charge in [-0.15, -0.1) is 0 Å². The fourth-order valence-electron chi connectivity index (χ4n) is 1.67. The highest BCUT2D eigenvalue weighted by Crippen LogP contribution is 2.33. The third-order valence-corrected chi connectivity index (χ3v) is 3.17. The van der Waals surface area contributed by atoms with E-state index in [4.69, 9.17) is 11.6 Å². The maximum absolute atomic E-state index is 12.3. The summed E-state index contributed by atoms with van der Waals surface area (Å²) in [5.41, 5.74) is -0.989. The van der Waals surface area contributed by atoms with E-state index in [0.29, 0.717) is 0 Å². The SMILES string of the molecule is O=C(c1ccc(C(F)(F)F)nc1Cl)C1CCC1. The molecule has 2 nitrogen and oxygen atoms in total. The Labute approximate surface area is 101 Å². The number of carbonyl (C=O) groups excluding carboxylic acids is 1. The number of ketones is 1. The van der Waals surface area contributed by atoms with Crippen molar-refractivity contribution in [2.75, 3.05) is 0 Å². The number of carbonyl (C=O) groups is 1. The van der Waals surface area contributed by atoms with Gasteiger partial charge in [0.1, 0.15) is 10.8 Å². The number of hydrogen-bond donors (Lipinski definition) is 0. The van der Waals surface area contributed by atoms with Gasteiger partial charge in [-0.2, -0.15) is 13.2 Å². The Morgan fingerprint density at radius 2 is 2.00 bits per heavy atom. The Bertz CT molecular complexity index is 455. The van der Waals surface area contributed by atoms with Gasteiger partial charge >= 0.3 is 6.18 Å². The van der Waals surface area contributed by atoms with E-state index in [-0.39, 0.29) is 22.4 Å². The Hall–Kier alpha value is -1.10. The largest absolute Gasteiger partial charge is 0.433 e. The predicted octanol–water partition coefficient (Wildman–Crippen LogP) is 3.74. The van der Waals surface area contributed by atoms with Gasteiger partial charge in [-0.3, -0.25) is 4.79 Å². The summed E-state index contributed by atoms with van der Waals surface area (Å²) in [6.45, 7) is 0. The molecule has 1 aromatic rings. The van der Waals surface area contributed by atoms with Crippen molar-refractivity contribution in [2.24, 2.45) is 5.92 Å². The van der Waals surface area contributed by atoms with E-state index in [1.807, 2.05) is 0 Å². The lowest BCUT2D eigenvalue weighted by atomic mass is 9.80. The monoisotopic (exact) mass is 263 g/mol. The predicted molar refractivity (Wildman–Crippen MR) is 55.9 cm³/mol. The molecule has 6 heteroatoms. The molecule has 1 fully saturated rings. The first-order valence-corrected chi connectivity index (χ1v) is 5.55. The Kier molecular flexibility index (Phi) is 3.12. The number of nitrogens with zero attached hydrogens (tertiary/aromatic N) is 1. The highest BCUT2D eigenvalue weighted by atomic mass is 35.5. The van der Waals surface area contributed by atoms with Gasteiger partial charge in [-0.05, 0) is 25.0 Å². The van der Waals surface area contributed by atoms with Gasteiger partial charge < -0.3 is 0 Å². The van der Waals surface area contributed by atoms with Gasteiger partial charge in [0.2, 0.25) is 0 Å². The summed E-state index contributed by atoms with van der Waals surface area (Å²) in [4.78, 5) is 15.0. The van der Waals surface area contributed by atoms with Crippen molar-refractivity contribution in [3.63, 3.8) is 0 Å². The third-order valence-electron chi connectivity index (χ3n) is 2.88. The molecule has 1 heterocycles. The van der Waals surface area contributed by atoms with Gasteiger partial charge in [0.25, 0.3) is 0 Å². The summed E-state index contributed by atoms with van der Waals surface area (Å²) in [6.07, 6.45) is -2.02. The van der Waals surface area contributed by atoms with Crippen molar-refractivity contribution < 1.29 is 18.0 Å². The molecule has 0 radical (unpaired) electrons. The zero-order chi connectivity index (χ0) is 12.6. The molecule has 0 atom stereocenters. The molecule has 2 rings (SSSR count). The van der Waals surface area contributed by atoms with Crippen LogP contribution in [0.1, 0.15) is 35.3 Å². The average molecular weight is 264 g/mol. The molecule has 0 saturated heterocycles. The minimum atomic E-state index is -4.54. The molecule has 0 amide bonds. The molecular weight excluding hydrogens is 255 g/mol. The fourth-order valence-corrected chi connectivity index (χ4v) is 1.91. The van der Waals surface area contributed by atoms with Crippen LogP contribution >= 0.6 is 11.6 Å². The maximum atomic E-state index is 12.3. The van der Waals surface area contributed by atoms with E-state index in [9.17, 15) is 18.0 Å². The standard InChI is InChI=1S/C11H9ClF3NO/c12-10-7(9(17)6-2-1-3-6)4-5-8(16-10)11(13,14)15/h4-6H,1-3H2. The molecular formula is C11H9ClF3NO. The van der Waals surface area contributed by atoms with E-state index >= 15 is 0 Å². The Morgan fingerprint density at radius 3 is 2.41 bits per heavy atom. The minimum absolute atomic E-state index is 0.0874. The van der Waals surface area contributed by atoms with E-state index in [1.54, 1.807) is 0 Å². The molecule has 0 aromatic carbocycles. The van der Waals surface area contributed by atoms with Crippen LogP contribution in [0.2, 0.25) is 5.15 Å². The summed E-state index contributed by atoms with van der Waals surface area (Å²) in [7, 11) is 0. The van der Waals surface area contributed by atoms with Crippen LogP contribution in [0.25, 0.3) is 0 Å². The number of pyridine rings is 1. The van der Waals surface area contributed by atoms with E-state index in [2.05, 4.69) is 4.98 Å². The van der Waals surface area contributed by atoms with Crippen LogP contribution in [0.5, 0.6) is 0 Å². The number of halogens is 4. The summed E-state index contributed by atoms with van der Waals surface area (Å²) < 4.78 is 37.0. The average Bonchev–Trinajstić information content (AvgIpc) is 2.12. The normalized spacial score (nSPS) is 16.7. The van der Waals surface area contributed by atoms with Crippen molar-refractivity contribution >= 4 is 17.4 Å². The van der Waals surface area contributed by atoms with Gasteiger partial charge in [-0.25, -0.2) is 4.98 Å². The molecule has 92 valence electrons. The number of Topliss-reactive ketones (excluding diaryl/α,β-unsaturated/α-hetero) is 1. The van der Waals surface area contributed by atoms with Crippen LogP contribution in [0.15, 0.2) is 12.1 Å². The van der Waals surface area contributed by atoms with Crippen LogP contribution in [-0.2, 0) is 6.18 Å². The van der Waals surface area contributed by atoms with Gasteiger partial charge in [0.05, 0.1) is 5.56 Å². The van der Waals surface area contributed by atoms with Crippen molar-refractivity contribution in [3.05, 3.63) is 28.5 Å². The van der Waals surface area contributed by atoms with E-state index in [1.165, 1.54) is 0 Å². The lowest BCUT2D eigenvalue weighted by molar-refractivity contribution is -0.141. The van der Waals surface area contributed by atoms with Crippen LogP contribution in [0.4, 0.5) is 13.2 Å². The molecule has 0 aliphatic heterocycles. The molecule has 0 spiro atoms. The second-order valence-corrected chi connectivity index (χ2v) is 4.38. The van der Waals surface area contributed by atoms with Crippen molar-refractivity contribution in [2.45, 2.75) is 25.4 Å². The van der Waals surface area contributed by atoms with Crippen LogP contribution in [0.3, 0.4) is 0 Å². The number of aromatic nitrogens is 1. The highest BCUT2D eigenvalue weighted by Gasteiger charge is 2.34. The van der Waals surface area contributed by atoms with Crippen molar-refractivity contribution in [3.8, 4) is 0 Å². The highest BCUT2D eigenvalue weighted by molar-refractivity contribution is 6.32. The zero-order valence-corrected chi connectivity index (χ0v) is 9.48. The fraction of sp³-hybridized carbons (Fsp3) is 0.455. The molecule has 0 unspecified atom stereocenters. The first-order chi connectivity index (χ1) is 7.89. The minimum Gasteiger partial charge on any atom is -0.294 e. The van der Waals surface area contributed by atoms with Crippen LogP contribution in [0, 0.1) is 5.92 Å². The first kappa shape index (κ1) is 12.4. The smallest absolute Gasteiger partial charge is 0.294 e. The first-order valence-electron chi connectivity index (χ1n) is 5.17. The molecule has 1 aromatic heterocycles. The number of alkyl halides is 3. The van der Waals surface area contributed by atoms with Crippen LogP contribution in [-0.4, -0.2) is 10.8 Å². The Balaban J connectivity index is 2.28. The molecule has 1 aliphatic carbocycles. The van der Waals surface area contributed by atoms with Crippen LogP contribution < -0.4 is 0 Å². The second-order valence-electron chi connectivity index (χ2n) is 4.02. The third kappa shape index (κ3) is 2.44. The zero-order valence-electron chi connectivity index (χ0n) is 8.72. The maximum Gasteiger partial charge on any atom is 0.433 e. The lowest BCUT2D eigenvalue weighted by Crippen LogP contribution is -2.23. The molecule has 0 N–H and O–H groups in total. The van der Waals surface area contributed by atoms with E-state index in [0.717, 1.165) is 31.4 Å². The van der Waals surface area contributed by atoms with E-state index < -0.39 is 11.9 Å². The number of hydrogen-bond acceptors (Lipinski definition) is 2. The topological polar surface area (TPSA) is 30.0 Å². The van der Waals surface area contributed by atoms with Gasteiger partial charge in [0, 0.05) is 5.92 Å². The lowest BCUT2D eigenvalue weighted by Gasteiger charge is -2.24. The van der Waals surface area contributed by atoms with Gasteiger partial charge in [0.15, 0.2) is 5.78 Å². The summed E-state index contributed by atoms with van der Waals surface area (Å²) in [6, 6.07) is 1.90. The molecule has 1 aliphatic rings. The van der Waals surface area contributed by atoms with Crippen molar-refractivity contribution in [1.82, 2.24) is 4.98 Å². The summed E-state index contributed by atoms with van der Waals surface area (Å²) >= 11 is 5.62.